The molecule has 0 aliphatic carbocycles. The van der Waals surface area contributed by atoms with Crippen molar-refractivity contribution in [3.8, 4) is 0 Å². The number of thioether (sulfide) groups is 1. The summed E-state index contributed by atoms with van der Waals surface area (Å²) in [4.78, 5) is 13.0. The SMILES string of the molecule is Cc1cc2nnc(SC(C)C(=O)Nc3ccc(S(=O)(=O)N(C)C)cc3)n2c2c(C)cccc12. The largest absolute Gasteiger partial charge is 0.325 e. The van der Waals surface area contributed by atoms with Crippen molar-refractivity contribution in [3.05, 3.63) is 59.7 Å². The molecule has 33 heavy (non-hydrogen) atoms. The van der Waals surface area contributed by atoms with E-state index in [0.29, 0.717) is 10.8 Å². The van der Waals surface area contributed by atoms with E-state index in [1.807, 2.05) is 36.4 Å². The van der Waals surface area contributed by atoms with Gasteiger partial charge in [0.05, 0.1) is 15.7 Å². The second kappa shape index (κ2) is 8.77. The molecule has 10 heteroatoms. The Kier molecular flexibility index (Phi) is 6.17. The van der Waals surface area contributed by atoms with Crippen molar-refractivity contribution in [1.29, 1.82) is 0 Å². The quantitative estimate of drug-likeness (QED) is 0.418. The lowest BCUT2D eigenvalue weighted by Crippen LogP contribution is -2.23. The van der Waals surface area contributed by atoms with Gasteiger partial charge < -0.3 is 5.32 Å². The van der Waals surface area contributed by atoms with Crippen LogP contribution in [0.5, 0.6) is 0 Å². The van der Waals surface area contributed by atoms with E-state index in [9.17, 15) is 13.2 Å². The Bertz CT molecular complexity index is 1460. The molecule has 1 unspecified atom stereocenters. The van der Waals surface area contributed by atoms with Crippen LogP contribution >= 0.6 is 11.8 Å². The minimum absolute atomic E-state index is 0.167. The fourth-order valence-corrected chi connectivity index (χ4v) is 5.35. The number of para-hydroxylation sites is 1. The number of hydrogen-bond donors (Lipinski definition) is 1. The average Bonchev–Trinajstić information content (AvgIpc) is 3.16. The molecule has 0 aliphatic heterocycles. The molecule has 4 rings (SSSR count). The van der Waals surface area contributed by atoms with Crippen LogP contribution < -0.4 is 5.32 Å². The van der Waals surface area contributed by atoms with Gasteiger partial charge in [0, 0.05) is 25.2 Å². The number of rotatable bonds is 6. The van der Waals surface area contributed by atoms with E-state index in [-0.39, 0.29) is 10.8 Å². The predicted molar refractivity (Wildman–Crippen MR) is 131 cm³/mol. The summed E-state index contributed by atoms with van der Waals surface area (Å²) in [6, 6.07) is 14.3. The first-order valence-electron chi connectivity index (χ1n) is 10.3. The third-order valence-electron chi connectivity index (χ3n) is 5.44. The van der Waals surface area contributed by atoms with E-state index >= 15 is 0 Å². The average molecular weight is 484 g/mol. The van der Waals surface area contributed by atoms with Crippen molar-refractivity contribution in [1.82, 2.24) is 18.9 Å². The van der Waals surface area contributed by atoms with Gasteiger partial charge in [0.1, 0.15) is 0 Å². The number of nitrogens with one attached hydrogen (secondary N) is 1. The van der Waals surface area contributed by atoms with E-state index in [1.54, 1.807) is 19.1 Å². The lowest BCUT2D eigenvalue weighted by atomic mass is 10.1. The number of aryl methyl sites for hydroxylation is 2. The Morgan fingerprint density at radius 2 is 1.76 bits per heavy atom. The second-order valence-corrected chi connectivity index (χ2v) is 11.5. The van der Waals surface area contributed by atoms with Crippen molar-refractivity contribution >= 4 is 49.9 Å². The molecule has 8 nitrogen and oxygen atoms in total. The van der Waals surface area contributed by atoms with Crippen molar-refractivity contribution in [2.45, 2.75) is 36.1 Å². The summed E-state index contributed by atoms with van der Waals surface area (Å²) >= 11 is 1.32. The number of sulfonamides is 1. The van der Waals surface area contributed by atoms with Gasteiger partial charge in [0.25, 0.3) is 0 Å². The molecule has 2 aromatic carbocycles. The molecule has 0 fully saturated rings. The van der Waals surface area contributed by atoms with Crippen molar-refractivity contribution in [2.75, 3.05) is 19.4 Å². The normalized spacial score (nSPS) is 13.0. The number of aromatic nitrogens is 3. The van der Waals surface area contributed by atoms with E-state index in [1.165, 1.54) is 38.0 Å². The highest BCUT2D eigenvalue weighted by atomic mass is 32.2. The molecule has 2 aromatic heterocycles. The zero-order chi connectivity index (χ0) is 23.9. The lowest BCUT2D eigenvalue weighted by molar-refractivity contribution is -0.115. The minimum Gasteiger partial charge on any atom is -0.325 e. The Balaban J connectivity index is 1.57. The molecule has 0 spiro atoms. The zero-order valence-electron chi connectivity index (χ0n) is 19.0. The monoisotopic (exact) mass is 483 g/mol. The van der Waals surface area contributed by atoms with Gasteiger partial charge in [-0.05, 0) is 62.2 Å². The molecule has 2 heterocycles. The van der Waals surface area contributed by atoms with Gasteiger partial charge in [-0.2, -0.15) is 0 Å². The number of carbonyl (C=O) groups is 1. The molecule has 0 aliphatic rings. The smallest absolute Gasteiger partial charge is 0.242 e. The van der Waals surface area contributed by atoms with Gasteiger partial charge >= 0.3 is 0 Å². The molecular formula is C23H25N5O3S2. The zero-order valence-corrected chi connectivity index (χ0v) is 20.7. The standard InChI is InChI=1S/C23H25N5O3S2/c1-14-7-6-8-19-15(2)13-20-25-26-23(28(20)21(14)19)32-16(3)22(29)24-17-9-11-18(12-10-17)33(30,31)27(4)5/h6-13,16H,1-5H3,(H,24,29). The van der Waals surface area contributed by atoms with Gasteiger partial charge in [-0.25, -0.2) is 12.7 Å². The topological polar surface area (TPSA) is 96.7 Å². The van der Waals surface area contributed by atoms with Gasteiger partial charge in [-0.1, -0.05) is 30.0 Å². The van der Waals surface area contributed by atoms with Crippen LogP contribution in [-0.2, 0) is 14.8 Å². The highest BCUT2D eigenvalue weighted by Gasteiger charge is 2.21. The fourth-order valence-electron chi connectivity index (χ4n) is 3.58. The molecule has 1 N–H and O–H groups in total. The van der Waals surface area contributed by atoms with Crippen molar-refractivity contribution in [2.24, 2.45) is 0 Å². The molecule has 0 radical (unpaired) electrons. The van der Waals surface area contributed by atoms with Gasteiger partial charge in [0.15, 0.2) is 10.8 Å². The van der Waals surface area contributed by atoms with Gasteiger partial charge in [-0.15, -0.1) is 10.2 Å². The lowest BCUT2D eigenvalue weighted by Gasteiger charge is -2.14. The summed E-state index contributed by atoms with van der Waals surface area (Å²) in [6.07, 6.45) is 0. The highest BCUT2D eigenvalue weighted by Crippen LogP contribution is 2.30. The molecule has 0 saturated carbocycles. The molecule has 1 amide bonds. The predicted octanol–water partition coefficient (Wildman–Crippen LogP) is 3.87. The van der Waals surface area contributed by atoms with Crippen LogP contribution in [0.15, 0.2) is 58.6 Å². The molecular weight excluding hydrogens is 458 g/mol. The number of benzene rings is 2. The molecule has 0 saturated heterocycles. The maximum Gasteiger partial charge on any atom is 0.242 e. The maximum absolute atomic E-state index is 12.8. The van der Waals surface area contributed by atoms with Crippen molar-refractivity contribution in [3.63, 3.8) is 0 Å². The first kappa shape index (κ1) is 23.2. The fraction of sp³-hybridized carbons (Fsp3) is 0.261. The molecule has 172 valence electrons. The van der Waals surface area contributed by atoms with E-state index in [2.05, 4.69) is 21.6 Å². The maximum atomic E-state index is 12.8. The van der Waals surface area contributed by atoms with E-state index in [4.69, 9.17) is 0 Å². The summed E-state index contributed by atoms with van der Waals surface area (Å²) in [5.41, 5.74) is 4.52. The Labute approximate surface area is 197 Å². The highest BCUT2D eigenvalue weighted by molar-refractivity contribution is 8.00. The van der Waals surface area contributed by atoms with Crippen LogP contribution in [-0.4, -0.2) is 52.6 Å². The third kappa shape index (κ3) is 4.33. The Morgan fingerprint density at radius 3 is 2.42 bits per heavy atom. The number of amides is 1. The second-order valence-electron chi connectivity index (χ2n) is 8.04. The number of anilines is 1. The van der Waals surface area contributed by atoms with Crippen LogP contribution in [0.3, 0.4) is 0 Å². The van der Waals surface area contributed by atoms with Crippen LogP contribution in [0, 0.1) is 13.8 Å². The summed E-state index contributed by atoms with van der Waals surface area (Å²) < 4.78 is 27.6. The number of pyridine rings is 1. The van der Waals surface area contributed by atoms with Crippen LogP contribution in [0.25, 0.3) is 16.6 Å². The summed E-state index contributed by atoms with van der Waals surface area (Å²) in [6.45, 7) is 5.90. The third-order valence-corrected chi connectivity index (χ3v) is 8.31. The summed E-state index contributed by atoms with van der Waals surface area (Å²) in [7, 11) is -0.567. The van der Waals surface area contributed by atoms with Gasteiger partial charge in [-0.3, -0.25) is 9.20 Å². The number of nitrogens with zero attached hydrogens (tertiary/aromatic N) is 4. The van der Waals surface area contributed by atoms with Crippen LogP contribution in [0.4, 0.5) is 5.69 Å². The first-order valence-corrected chi connectivity index (χ1v) is 12.7. The number of hydrogen-bond acceptors (Lipinski definition) is 6. The molecule has 4 aromatic rings. The van der Waals surface area contributed by atoms with Crippen LogP contribution in [0.2, 0.25) is 0 Å². The Morgan fingerprint density at radius 1 is 1.06 bits per heavy atom. The number of carbonyl (C=O) groups excluding carboxylic acids is 1. The van der Waals surface area contributed by atoms with Gasteiger partial charge in [0.2, 0.25) is 15.9 Å². The van der Waals surface area contributed by atoms with Crippen LogP contribution in [0.1, 0.15) is 18.1 Å². The molecule has 1 atom stereocenters. The van der Waals surface area contributed by atoms with Crippen molar-refractivity contribution < 1.29 is 13.2 Å². The van der Waals surface area contributed by atoms with E-state index in [0.717, 1.165) is 32.0 Å². The number of fused-ring (bicyclic) bond motifs is 3. The minimum atomic E-state index is -3.52. The Hall–Kier alpha value is -2.95. The summed E-state index contributed by atoms with van der Waals surface area (Å²) in [5, 5.41) is 12.8. The molecule has 0 bridgehead atoms. The first-order chi connectivity index (χ1) is 15.6. The summed E-state index contributed by atoms with van der Waals surface area (Å²) in [5.74, 6) is -0.215. The van der Waals surface area contributed by atoms with E-state index < -0.39 is 15.3 Å².